The topological polar surface area (TPSA) is 55.4 Å². The quantitative estimate of drug-likeness (QED) is 0.531. The first-order chi connectivity index (χ1) is 12.1. The Kier molecular flexibility index (Phi) is 9.88. The summed E-state index contributed by atoms with van der Waals surface area (Å²) in [6, 6.07) is 1.91. The highest BCUT2D eigenvalue weighted by molar-refractivity contribution is 6.90. The molecule has 0 aromatic carbocycles. The zero-order valence-electron chi connectivity index (χ0n) is 18.1. The molecule has 10 heteroatoms. The minimum atomic E-state index is -2.46. The van der Waals surface area contributed by atoms with E-state index < -0.39 is 34.0 Å². The summed E-state index contributed by atoms with van der Waals surface area (Å²) in [7, 11) is -9.22. The molecule has 1 aliphatic heterocycles. The predicted molar refractivity (Wildman–Crippen MR) is 114 cm³/mol. The van der Waals surface area contributed by atoms with Gasteiger partial charge in [0, 0.05) is 32.1 Å². The van der Waals surface area contributed by atoms with E-state index in [1.807, 2.05) is 20.8 Å². The van der Waals surface area contributed by atoms with E-state index in [0.29, 0.717) is 26.1 Å². The molecule has 0 saturated carbocycles. The molecule has 0 amide bonds. The fraction of sp³-hybridized carbons (Fsp3) is 1.00. The number of rotatable bonds is 8. The van der Waals surface area contributed by atoms with Crippen LogP contribution in [0.3, 0.4) is 0 Å². The monoisotopic (exact) mass is 440 g/mol. The van der Waals surface area contributed by atoms with Gasteiger partial charge in [0.15, 0.2) is 0 Å². The summed E-state index contributed by atoms with van der Waals surface area (Å²) in [4.78, 5) is 0. The Labute approximate surface area is 164 Å². The van der Waals surface area contributed by atoms with Crippen molar-refractivity contribution in [2.75, 3.05) is 32.7 Å². The lowest BCUT2D eigenvalue weighted by Crippen LogP contribution is -2.60. The van der Waals surface area contributed by atoms with Gasteiger partial charge in [-0.05, 0) is 66.0 Å². The van der Waals surface area contributed by atoms with Crippen LogP contribution in [-0.4, -0.2) is 66.7 Å². The molecule has 1 rings (SSSR count). The first kappa shape index (κ1) is 24.7. The summed E-state index contributed by atoms with van der Waals surface area (Å²) in [6.07, 6.45) is 0.677. The van der Waals surface area contributed by atoms with Crippen LogP contribution in [-0.2, 0) is 26.2 Å². The van der Waals surface area contributed by atoms with E-state index in [9.17, 15) is 0 Å². The van der Waals surface area contributed by atoms with Crippen LogP contribution in [0.4, 0.5) is 0 Å². The summed E-state index contributed by atoms with van der Waals surface area (Å²) in [5.41, 5.74) is 0.758. The van der Waals surface area contributed by atoms with Gasteiger partial charge in [0.25, 0.3) is 0 Å². The molecule has 1 fully saturated rings. The van der Waals surface area contributed by atoms with E-state index in [2.05, 4.69) is 33.1 Å². The molecule has 1 heterocycles. The molecule has 0 aromatic heterocycles. The van der Waals surface area contributed by atoms with Crippen LogP contribution in [0, 0.1) is 0 Å². The van der Waals surface area contributed by atoms with Crippen molar-refractivity contribution in [3.63, 3.8) is 0 Å². The third-order valence-electron chi connectivity index (χ3n) is 4.71. The fourth-order valence-electron chi connectivity index (χ4n) is 3.70. The molecule has 4 atom stereocenters. The molecule has 0 aromatic rings. The van der Waals surface area contributed by atoms with Crippen molar-refractivity contribution in [2.24, 2.45) is 0 Å². The van der Waals surface area contributed by atoms with Gasteiger partial charge in [0.2, 0.25) is 8.32 Å². The lowest BCUT2D eigenvalue weighted by atomic mass is 10.9. The first-order valence-electron chi connectivity index (χ1n) is 9.97. The Hall–Kier alpha value is 0.628. The molecule has 0 radical (unpaired) electrons. The first-order valence-corrected chi connectivity index (χ1v) is 20.4. The Balaban J connectivity index is 3.22. The van der Waals surface area contributed by atoms with E-state index >= 15 is 0 Å². The Morgan fingerprint density at radius 1 is 0.654 bits per heavy atom. The van der Waals surface area contributed by atoms with Crippen LogP contribution in [0.15, 0.2) is 0 Å². The Morgan fingerprint density at radius 2 is 1.15 bits per heavy atom. The average Bonchev–Trinajstić information content (AvgIpc) is 2.51. The largest absolute Gasteiger partial charge is 0.415 e. The molecule has 156 valence electrons. The normalized spacial score (nSPS) is 39.7. The van der Waals surface area contributed by atoms with Crippen molar-refractivity contribution >= 4 is 34.0 Å². The summed E-state index contributed by atoms with van der Waals surface area (Å²) in [5, 5.41) is 0. The summed E-state index contributed by atoms with van der Waals surface area (Å²) in [6.45, 7) is 19.6. The van der Waals surface area contributed by atoms with Crippen molar-refractivity contribution in [3.05, 3.63) is 0 Å². The molecule has 4 unspecified atom stereocenters. The van der Waals surface area contributed by atoms with E-state index in [-0.39, 0.29) is 0 Å². The molecular formula is C16H40O6Si4. The summed E-state index contributed by atoms with van der Waals surface area (Å²) < 4.78 is 38.1. The molecular weight excluding hydrogens is 401 g/mol. The summed E-state index contributed by atoms with van der Waals surface area (Å²) >= 11 is 0. The van der Waals surface area contributed by atoms with Gasteiger partial charge in [-0.2, -0.15) is 0 Å². The van der Waals surface area contributed by atoms with Gasteiger partial charge in [-0.1, -0.05) is 0 Å². The highest BCUT2D eigenvalue weighted by Crippen LogP contribution is 2.34. The number of hydrogen-bond donors (Lipinski definition) is 0. The molecule has 0 bridgehead atoms. The van der Waals surface area contributed by atoms with Gasteiger partial charge in [-0.3, -0.25) is 0 Å². The zero-order valence-corrected chi connectivity index (χ0v) is 22.1. The minimum Gasteiger partial charge on any atom is -0.415 e. The third-order valence-corrected chi connectivity index (χ3v) is 21.7. The molecule has 0 aliphatic carbocycles. The zero-order chi connectivity index (χ0) is 19.9. The average molecular weight is 441 g/mol. The highest BCUT2D eigenvalue weighted by Gasteiger charge is 2.52. The second kappa shape index (κ2) is 10.4. The van der Waals surface area contributed by atoms with Crippen molar-refractivity contribution in [1.29, 1.82) is 0 Å². The van der Waals surface area contributed by atoms with Gasteiger partial charge in [0.05, 0.1) is 6.23 Å². The maximum atomic E-state index is 6.77. The van der Waals surface area contributed by atoms with Crippen LogP contribution in [0.5, 0.6) is 0 Å². The lowest BCUT2D eigenvalue weighted by Gasteiger charge is -2.43. The van der Waals surface area contributed by atoms with Gasteiger partial charge in [-0.25, -0.2) is 0 Å². The number of hydrogen-bond acceptors (Lipinski definition) is 6. The van der Waals surface area contributed by atoms with Crippen LogP contribution in [0.1, 0.15) is 27.7 Å². The van der Waals surface area contributed by atoms with E-state index in [1.165, 1.54) is 0 Å². The minimum absolute atomic E-state index is 0.640. The molecule has 0 N–H and O–H groups in total. The SMILES string of the molecule is CCO[Si]1(C)CC[Si](C)(OCC)O[Si](C)(OCC)C[Si](C)(OCC)OC1. The van der Waals surface area contributed by atoms with E-state index in [0.717, 1.165) is 24.4 Å². The molecule has 1 saturated heterocycles. The van der Waals surface area contributed by atoms with Gasteiger partial charge < -0.3 is 26.2 Å². The van der Waals surface area contributed by atoms with Crippen molar-refractivity contribution < 1.29 is 26.2 Å². The molecule has 1 aliphatic rings. The second-order valence-corrected chi connectivity index (χ2v) is 22.3. The van der Waals surface area contributed by atoms with Crippen molar-refractivity contribution in [1.82, 2.24) is 0 Å². The molecule has 26 heavy (non-hydrogen) atoms. The predicted octanol–water partition coefficient (Wildman–Crippen LogP) is 4.05. The lowest BCUT2D eigenvalue weighted by molar-refractivity contribution is 0.174. The Bertz CT molecular complexity index is 404. The van der Waals surface area contributed by atoms with Crippen molar-refractivity contribution in [2.45, 2.75) is 71.6 Å². The molecule has 6 nitrogen and oxygen atoms in total. The van der Waals surface area contributed by atoms with Crippen LogP contribution in [0.2, 0.25) is 43.9 Å². The fourth-order valence-corrected chi connectivity index (χ4v) is 24.6. The molecule has 0 spiro atoms. The Morgan fingerprint density at radius 3 is 1.69 bits per heavy atom. The van der Waals surface area contributed by atoms with Gasteiger partial charge >= 0.3 is 25.7 Å². The second-order valence-electron chi connectivity index (χ2n) is 7.65. The summed E-state index contributed by atoms with van der Waals surface area (Å²) in [5.74, 6) is 0. The van der Waals surface area contributed by atoms with Crippen LogP contribution < -0.4 is 0 Å². The third kappa shape index (κ3) is 7.57. The maximum Gasteiger partial charge on any atom is 0.336 e. The van der Waals surface area contributed by atoms with Crippen molar-refractivity contribution in [3.8, 4) is 0 Å². The van der Waals surface area contributed by atoms with Crippen LogP contribution >= 0.6 is 0 Å². The smallest absolute Gasteiger partial charge is 0.336 e. The van der Waals surface area contributed by atoms with Gasteiger partial charge in [-0.15, -0.1) is 0 Å². The standard InChI is InChI=1S/C16H40O6Si4/c1-9-17-23(5)13-14-24(6,18-10-2)22-26(8,20-12-4)16-25(7,19-11-3)21-15-23/h9-16H2,1-8H3. The van der Waals surface area contributed by atoms with E-state index in [4.69, 9.17) is 26.2 Å². The van der Waals surface area contributed by atoms with Gasteiger partial charge in [0.1, 0.15) is 0 Å². The maximum absolute atomic E-state index is 6.77. The highest BCUT2D eigenvalue weighted by atomic mass is 28.5. The van der Waals surface area contributed by atoms with E-state index in [1.54, 1.807) is 0 Å². The van der Waals surface area contributed by atoms with Crippen LogP contribution in [0.25, 0.3) is 0 Å².